The van der Waals surface area contributed by atoms with E-state index in [9.17, 15) is 0 Å². The molecule has 2 nitrogen and oxygen atoms in total. The van der Waals surface area contributed by atoms with Crippen molar-refractivity contribution in [1.82, 2.24) is 10.2 Å². The third-order valence-corrected chi connectivity index (χ3v) is 3.25. The van der Waals surface area contributed by atoms with Crippen LogP contribution < -0.4 is 5.32 Å². The van der Waals surface area contributed by atoms with Crippen LogP contribution in [0.1, 0.15) is 33.3 Å². The van der Waals surface area contributed by atoms with E-state index in [1.807, 2.05) is 0 Å². The molecule has 1 atom stereocenters. The standard InChI is InChI=1S/C16H28N2/c1-5-17-11-15(4)12-18(14(2)3)13-16-9-7-6-8-10-16/h6-10,14-15,17H,5,11-13H2,1-4H3. The van der Waals surface area contributed by atoms with Crippen LogP contribution in [0.4, 0.5) is 0 Å². The van der Waals surface area contributed by atoms with Gasteiger partial charge in [0.2, 0.25) is 0 Å². The molecule has 1 rings (SSSR count). The number of nitrogens with one attached hydrogen (secondary N) is 1. The van der Waals surface area contributed by atoms with Crippen LogP contribution in [0.3, 0.4) is 0 Å². The molecule has 1 aromatic rings. The van der Waals surface area contributed by atoms with Crippen molar-refractivity contribution in [3.05, 3.63) is 35.9 Å². The van der Waals surface area contributed by atoms with Gasteiger partial charge in [0.25, 0.3) is 0 Å². The van der Waals surface area contributed by atoms with Gasteiger partial charge in [-0.25, -0.2) is 0 Å². The van der Waals surface area contributed by atoms with Crippen molar-refractivity contribution in [2.45, 2.75) is 40.3 Å². The molecule has 0 amide bonds. The summed E-state index contributed by atoms with van der Waals surface area (Å²) in [6.45, 7) is 13.4. The van der Waals surface area contributed by atoms with Gasteiger partial charge in [0.1, 0.15) is 0 Å². The fraction of sp³-hybridized carbons (Fsp3) is 0.625. The van der Waals surface area contributed by atoms with Gasteiger partial charge in [0.15, 0.2) is 0 Å². The van der Waals surface area contributed by atoms with Crippen molar-refractivity contribution in [2.75, 3.05) is 19.6 Å². The van der Waals surface area contributed by atoms with E-state index >= 15 is 0 Å². The summed E-state index contributed by atoms with van der Waals surface area (Å²) in [5, 5.41) is 3.43. The fourth-order valence-electron chi connectivity index (χ4n) is 2.13. The molecule has 1 N–H and O–H groups in total. The minimum absolute atomic E-state index is 0.592. The normalized spacial score (nSPS) is 13.2. The zero-order valence-electron chi connectivity index (χ0n) is 12.3. The van der Waals surface area contributed by atoms with E-state index in [2.05, 4.69) is 68.2 Å². The van der Waals surface area contributed by atoms with Crippen LogP contribution in [0.5, 0.6) is 0 Å². The van der Waals surface area contributed by atoms with Gasteiger partial charge < -0.3 is 5.32 Å². The third kappa shape index (κ3) is 5.65. The summed E-state index contributed by atoms with van der Waals surface area (Å²) in [5.74, 6) is 0.691. The lowest BCUT2D eigenvalue weighted by Crippen LogP contribution is -2.37. The molecule has 0 saturated heterocycles. The molecule has 2 heteroatoms. The van der Waals surface area contributed by atoms with Crippen LogP contribution >= 0.6 is 0 Å². The van der Waals surface area contributed by atoms with Gasteiger partial charge >= 0.3 is 0 Å². The molecule has 0 aromatic heterocycles. The maximum Gasteiger partial charge on any atom is 0.0236 e. The number of nitrogens with zero attached hydrogens (tertiary/aromatic N) is 1. The summed E-state index contributed by atoms with van der Waals surface area (Å²) >= 11 is 0. The lowest BCUT2D eigenvalue weighted by molar-refractivity contribution is 0.182. The fourth-order valence-corrected chi connectivity index (χ4v) is 2.13. The first-order valence-electron chi connectivity index (χ1n) is 7.12. The first-order chi connectivity index (χ1) is 8.63. The Morgan fingerprint density at radius 3 is 2.33 bits per heavy atom. The van der Waals surface area contributed by atoms with E-state index in [0.717, 1.165) is 26.2 Å². The highest BCUT2D eigenvalue weighted by atomic mass is 15.1. The molecule has 0 heterocycles. The van der Waals surface area contributed by atoms with Gasteiger partial charge in [-0.3, -0.25) is 4.90 Å². The molecule has 18 heavy (non-hydrogen) atoms. The molecule has 0 fully saturated rings. The predicted molar refractivity (Wildman–Crippen MR) is 79.7 cm³/mol. The van der Waals surface area contributed by atoms with Crippen LogP contribution in [0.15, 0.2) is 30.3 Å². The second-order valence-electron chi connectivity index (χ2n) is 5.42. The molecule has 0 spiro atoms. The molecular formula is C16H28N2. The molecule has 0 aliphatic rings. The highest BCUT2D eigenvalue weighted by Gasteiger charge is 2.13. The molecule has 0 saturated carbocycles. The zero-order valence-corrected chi connectivity index (χ0v) is 12.3. The lowest BCUT2D eigenvalue weighted by Gasteiger charge is -2.29. The van der Waals surface area contributed by atoms with E-state index < -0.39 is 0 Å². The second-order valence-corrected chi connectivity index (χ2v) is 5.42. The van der Waals surface area contributed by atoms with Crippen LogP contribution in [0, 0.1) is 5.92 Å². The lowest BCUT2D eigenvalue weighted by atomic mass is 10.1. The average Bonchev–Trinajstić information content (AvgIpc) is 2.36. The number of hydrogen-bond acceptors (Lipinski definition) is 2. The summed E-state index contributed by atoms with van der Waals surface area (Å²) in [5.41, 5.74) is 1.40. The molecule has 0 aliphatic carbocycles. The quantitative estimate of drug-likeness (QED) is 0.760. The molecule has 102 valence electrons. The first-order valence-corrected chi connectivity index (χ1v) is 7.12. The van der Waals surface area contributed by atoms with Crippen molar-refractivity contribution in [1.29, 1.82) is 0 Å². The third-order valence-electron chi connectivity index (χ3n) is 3.25. The summed E-state index contributed by atoms with van der Waals surface area (Å²) in [4.78, 5) is 2.55. The molecule has 1 aromatic carbocycles. The predicted octanol–water partition coefficient (Wildman–Crippen LogP) is 3.14. The minimum Gasteiger partial charge on any atom is -0.317 e. The topological polar surface area (TPSA) is 15.3 Å². The highest BCUT2D eigenvalue weighted by molar-refractivity contribution is 5.14. The first kappa shape index (κ1) is 15.2. The van der Waals surface area contributed by atoms with Gasteiger partial charge in [0.05, 0.1) is 0 Å². The van der Waals surface area contributed by atoms with Crippen LogP contribution in [-0.2, 0) is 6.54 Å². The van der Waals surface area contributed by atoms with Gasteiger partial charge in [-0.05, 0) is 38.4 Å². The maximum atomic E-state index is 3.43. The largest absolute Gasteiger partial charge is 0.317 e. The Hall–Kier alpha value is -0.860. The Labute approximate surface area is 112 Å². The SMILES string of the molecule is CCNCC(C)CN(Cc1ccccc1)C(C)C. The van der Waals surface area contributed by atoms with E-state index in [1.165, 1.54) is 5.56 Å². The molecule has 0 aliphatic heterocycles. The average molecular weight is 248 g/mol. The number of benzene rings is 1. The minimum atomic E-state index is 0.592. The van der Waals surface area contributed by atoms with Crippen LogP contribution in [-0.4, -0.2) is 30.6 Å². The zero-order chi connectivity index (χ0) is 13.4. The van der Waals surface area contributed by atoms with E-state index in [1.54, 1.807) is 0 Å². The summed E-state index contributed by atoms with van der Waals surface area (Å²) in [6.07, 6.45) is 0. The van der Waals surface area contributed by atoms with E-state index in [-0.39, 0.29) is 0 Å². The highest BCUT2D eigenvalue weighted by Crippen LogP contribution is 2.10. The van der Waals surface area contributed by atoms with Crippen molar-refractivity contribution in [3.63, 3.8) is 0 Å². The van der Waals surface area contributed by atoms with Crippen molar-refractivity contribution in [2.24, 2.45) is 5.92 Å². The van der Waals surface area contributed by atoms with Crippen molar-refractivity contribution in [3.8, 4) is 0 Å². The van der Waals surface area contributed by atoms with Gasteiger partial charge in [0, 0.05) is 19.1 Å². The molecular weight excluding hydrogens is 220 g/mol. The van der Waals surface area contributed by atoms with Crippen molar-refractivity contribution < 1.29 is 0 Å². The summed E-state index contributed by atoms with van der Waals surface area (Å²) < 4.78 is 0. The Morgan fingerprint density at radius 2 is 1.78 bits per heavy atom. The van der Waals surface area contributed by atoms with E-state index in [4.69, 9.17) is 0 Å². The second kappa shape index (κ2) is 8.28. The Bertz CT molecular complexity index is 308. The van der Waals surface area contributed by atoms with E-state index in [0.29, 0.717) is 12.0 Å². The summed E-state index contributed by atoms with van der Waals surface area (Å²) in [7, 11) is 0. The van der Waals surface area contributed by atoms with Crippen molar-refractivity contribution >= 4 is 0 Å². The maximum absolute atomic E-state index is 3.43. The molecule has 0 bridgehead atoms. The Morgan fingerprint density at radius 1 is 1.11 bits per heavy atom. The summed E-state index contributed by atoms with van der Waals surface area (Å²) in [6, 6.07) is 11.3. The van der Waals surface area contributed by atoms with Crippen LogP contribution in [0.25, 0.3) is 0 Å². The Kier molecular flexibility index (Phi) is 6.99. The van der Waals surface area contributed by atoms with Gasteiger partial charge in [-0.15, -0.1) is 0 Å². The monoisotopic (exact) mass is 248 g/mol. The van der Waals surface area contributed by atoms with Gasteiger partial charge in [-0.1, -0.05) is 44.2 Å². The molecule has 1 unspecified atom stereocenters. The smallest absolute Gasteiger partial charge is 0.0236 e. The van der Waals surface area contributed by atoms with Crippen LogP contribution in [0.2, 0.25) is 0 Å². The van der Waals surface area contributed by atoms with Gasteiger partial charge in [-0.2, -0.15) is 0 Å². The molecule has 0 radical (unpaired) electrons. The number of rotatable bonds is 8. The Balaban J connectivity index is 2.50. The number of hydrogen-bond donors (Lipinski definition) is 1.